The van der Waals surface area contributed by atoms with E-state index < -0.39 is 0 Å². The van der Waals surface area contributed by atoms with Crippen LogP contribution in [0, 0.1) is 0 Å². The molecule has 8 heteroatoms. The number of carbonyl (C=O) groups excluding carboxylic acids is 1. The number of amides is 1. The van der Waals surface area contributed by atoms with Crippen LogP contribution < -0.4 is 20.7 Å². The van der Waals surface area contributed by atoms with E-state index in [9.17, 15) is 4.79 Å². The fraction of sp³-hybridized carbons (Fsp3) is 0.562. The third-order valence-corrected chi connectivity index (χ3v) is 2.73. The number of aliphatic imine (C=N–C) groups is 1. The second-order valence-electron chi connectivity index (χ2n) is 5.98. The van der Waals surface area contributed by atoms with Gasteiger partial charge in [0.25, 0.3) is 0 Å². The molecule has 0 bridgehead atoms. The molecule has 0 aromatic carbocycles. The monoisotopic (exact) mass is 449 g/mol. The van der Waals surface area contributed by atoms with Crippen LogP contribution >= 0.6 is 24.0 Å². The van der Waals surface area contributed by atoms with E-state index in [1.807, 2.05) is 39.8 Å². The largest absolute Gasteiger partial charge is 0.478 e. The van der Waals surface area contributed by atoms with Crippen molar-refractivity contribution in [2.45, 2.75) is 39.8 Å². The van der Waals surface area contributed by atoms with Crippen molar-refractivity contribution in [3.8, 4) is 5.88 Å². The number of rotatable bonds is 6. The zero-order valence-corrected chi connectivity index (χ0v) is 17.3. The molecule has 1 heterocycles. The first-order chi connectivity index (χ1) is 10.9. The second-order valence-corrected chi connectivity index (χ2v) is 5.98. The summed E-state index contributed by atoms with van der Waals surface area (Å²) >= 11 is 0. The number of carbonyl (C=O) groups is 1. The van der Waals surface area contributed by atoms with Crippen molar-refractivity contribution >= 4 is 35.8 Å². The molecule has 0 spiro atoms. The van der Waals surface area contributed by atoms with E-state index in [-0.39, 0.29) is 42.0 Å². The summed E-state index contributed by atoms with van der Waals surface area (Å²) in [6, 6.07) is 3.79. The Kier molecular flexibility index (Phi) is 10.3. The standard InChI is InChI=1S/C16H27N5O2.HI/c1-6-23-14-12(8-7-9-18-14)10-19-15(17-5)20-11-13(22)21-16(2,3)4;/h7-9H,6,10-11H2,1-5H3,(H,21,22)(H2,17,19,20);1H. The number of aromatic nitrogens is 1. The lowest BCUT2D eigenvalue weighted by Gasteiger charge is -2.21. The van der Waals surface area contributed by atoms with E-state index in [1.54, 1.807) is 13.2 Å². The van der Waals surface area contributed by atoms with Crippen LogP contribution in [0.4, 0.5) is 0 Å². The van der Waals surface area contributed by atoms with Crippen LogP contribution in [0.15, 0.2) is 23.3 Å². The highest BCUT2D eigenvalue weighted by atomic mass is 127. The lowest BCUT2D eigenvalue weighted by atomic mass is 10.1. The number of nitrogens with one attached hydrogen (secondary N) is 3. The maximum atomic E-state index is 11.8. The fourth-order valence-corrected chi connectivity index (χ4v) is 1.85. The van der Waals surface area contributed by atoms with Crippen LogP contribution in [0.1, 0.15) is 33.3 Å². The van der Waals surface area contributed by atoms with E-state index in [0.717, 1.165) is 5.56 Å². The summed E-state index contributed by atoms with van der Waals surface area (Å²) in [6.07, 6.45) is 1.69. The molecule has 7 nitrogen and oxygen atoms in total. The molecule has 0 aliphatic carbocycles. The number of hydrogen-bond donors (Lipinski definition) is 3. The minimum Gasteiger partial charge on any atom is -0.478 e. The first-order valence-electron chi connectivity index (χ1n) is 7.68. The zero-order valence-electron chi connectivity index (χ0n) is 15.0. The van der Waals surface area contributed by atoms with E-state index in [1.165, 1.54) is 0 Å². The molecule has 0 aliphatic rings. The first kappa shape index (κ1) is 22.4. The Morgan fingerprint density at radius 1 is 1.33 bits per heavy atom. The lowest BCUT2D eigenvalue weighted by molar-refractivity contribution is -0.121. The van der Waals surface area contributed by atoms with Crippen molar-refractivity contribution < 1.29 is 9.53 Å². The van der Waals surface area contributed by atoms with Crippen LogP contribution in [0.2, 0.25) is 0 Å². The molecule has 1 aromatic heterocycles. The van der Waals surface area contributed by atoms with Crippen LogP contribution in [-0.2, 0) is 11.3 Å². The highest BCUT2D eigenvalue weighted by Gasteiger charge is 2.13. The van der Waals surface area contributed by atoms with Crippen LogP contribution in [-0.4, -0.2) is 42.6 Å². The Hall–Kier alpha value is -1.58. The molecule has 0 radical (unpaired) electrons. The minimum atomic E-state index is -0.252. The number of ether oxygens (including phenoxy) is 1. The second kappa shape index (κ2) is 11.1. The first-order valence-corrected chi connectivity index (χ1v) is 7.68. The molecule has 1 aromatic rings. The summed E-state index contributed by atoms with van der Waals surface area (Å²) in [7, 11) is 1.66. The predicted octanol–water partition coefficient (Wildman–Crippen LogP) is 1.68. The van der Waals surface area contributed by atoms with Crippen molar-refractivity contribution in [1.82, 2.24) is 20.9 Å². The molecule has 1 rings (SSSR count). The molecule has 136 valence electrons. The molecule has 0 fully saturated rings. The normalized spacial score (nSPS) is 11.3. The maximum Gasteiger partial charge on any atom is 0.239 e. The quantitative estimate of drug-likeness (QED) is 0.350. The van der Waals surface area contributed by atoms with Gasteiger partial charge in [-0.2, -0.15) is 0 Å². The predicted molar refractivity (Wildman–Crippen MR) is 107 cm³/mol. The van der Waals surface area contributed by atoms with E-state index in [2.05, 4.69) is 25.9 Å². The topological polar surface area (TPSA) is 87.6 Å². The Bertz CT molecular complexity index is 544. The van der Waals surface area contributed by atoms with Crippen molar-refractivity contribution in [3.05, 3.63) is 23.9 Å². The summed E-state index contributed by atoms with van der Waals surface area (Å²) in [4.78, 5) is 20.1. The van der Waals surface area contributed by atoms with Gasteiger partial charge in [-0.3, -0.25) is 9.79 Å². The maximum absolute atomic E-state index is 11.8. The van der Waals surface area contributed by atoms with Crippen molar-refractivity contribution in [3.63, 3.8) is 0 Å². The summed E-state index contributed by atoms with van der Waals surface area (Å²) < 4.78 is 5.48. The van der Waals surface area contributed by atoms with Gasteiger partial charge in [0.1, 0.15) is 0 Å². The average molecular weight is 449 g/mol. The molecule has 0 saturated heterocycles. The van der Waals surface area contributed by atoms with Gasteiger partial charge in [-0.05, 0) is 33.8 Å². The van der Waals surface area contributed by atoms with Gasteiger partial charge in [-0.1, -0.05) is 6.07 Å². The Balaban J connectivity index is 0.00000529. The summed E-state index contributed by atoms with van der Waals surface area (Å²) in [5.74, 6) is 1.06. The van der Waals surface area contributed by atoms with Gasteiger partial charge >= 0.3 is 0 Å². The SMILES string of the molecule is CCOc1ncccc1CNC(=NC)NCC(=O)NC(C)(C)C.I. The molecule has 0 aliphatic heterocycles. The molecular formula is C16H28IN5O2. The molecule has 1 amide bonds. The third-order valence-electron chi connectivity index (χ3n) is 2.73. The lowest BCUT2D eigenvalue weighted by Crippen LogP contribution is -2.48. The van der Waals surface area contributed by atoms with Crippen molar-refractivity contribution in [1.29, 1.82) is 0 Å². The van der Waals surface area contributed by atoms with E-state index in [4.69, 9.17) is 4.74 Å². The number of hydrogen-bond acceptors (Lipinski definition) is 4. The summed E-state index contributed by atoms with van der Waals surface area (Å²) in [5, 5.41) is 9.00. The molecular weight excluding hydrogens is 421 g/mol. The van der Waals surface area contributed by atoms with Gasteiger partial charge in [0.2, 0.25) is 11.8 Å². The van der Waals surface area contributed by atoms with Crippen LogP contribution in [0.5, 0.6) is 5.88 Å². The van der Waals surface area contributed by atoms with Gasteiger partial charge in [-0.15, -0.1) is 24.0 Å². The Morgan fingerprint density at radius 3 is 2.62 bits per heavy atom. The molecule has 0 atom stereocenters. The number of guanidine groups is 1. The molecule has 0 unspecified atom stereocenters. The van der Waals surface area contributed by atoms with Gasteiger partial charge < -0.3 is 20.7 Å². The highest BCUT2D eigenvalue weighted by Crippen LogP contribution is 2.13. The third kappa shape index (κ3) is 8.90. The smallest absolute Gasteiger partial charge is 0.239 e. The summed E-state index contributed by atoms with van der Waals surface area (Å²) in [5.41, 5.74) is 0.675. The van der Waals surface area contributed by atoms with Gasteiger partial charge in [0.05, 0.1) is 13.2 Å². The number of nitrogens with zero attached hydrogens (tertiary/aromatic N) is 2. The van der Waals surface area contributed by atoms with Crippen LogP contribution in [0.25, 0.3) is 0 Å². The molecule has 0 saturated carbocycles. The van der Waals surface area contributed by atoms with E-state index >= 15 is 0 Å². The Morgan fingerprint density at radius 2 is 2.04 bits per heavy atom. The molecule has 24 heavy (non-hydrogen) atoms. The number of halogens is 1. The average Bonchev–Trinajstić information content (AvgIpc) is 2.47. The molecule has 3 N–H and O–H groups in total. The zero-order chi connectivity index (χ0) is 17.3. The van der Waals surface area contributed by atoms with Crippen molar-refractivity contribution in [2.24, 2.45) is 4.99 Å². The van der Waals surface area contributed by atoms with Gasteiger partial charge in [-0.25, -0.2) is 4.98 Å². The minimum absolute atomic E-state index is 0. The van der Waals surface area contributed by atoms with Crippen LogP contribution in [0.3, 0.4) is 0 Å². The highest BCUT2D eigenvalue weighted by molar-refractivity contribution is 14.0. The van der Waals surface area contributed by atoms with Crippen molar-refractivity contribution in [2.75, 3.05) is 20.2 Å². The summed E-state index contributed by atoms with van der Waals surface area (Å²) in [6.45, 7) is 8.96. The van der Waals surface area contributed by atoms with Gasteiger partial charge in [0.15, 0.2) is 5.96 Å². The van der Waals surface area contributed by atoms with E-state index in [0.29, 0.717) is 25.0 Å². The Labute approximate surface area is 161 Å². The number of pyridine rings is 1. The van der Waals surface area contributed by atoms with Gasteiger partial charge in [0, 0.05) is 30.9 Å². The fourth-order valence-electron chi connectivity index (χ4n) is 1.85.